The molecule has 1 aromatic carbocycles. The van der Waals surface area contributed by atoms with E-state index in [1.54, 1.807) is 29.5 Å². The topological polar surface area (TPSA) is 67.9 Å². The summed E-state index contributed by atoms with van der Waals surface area (Å²) < 4.78 is 39.6. The molecule has 1 N–H and O–H groups in total. The smallest absolute Gasteiger partial charge is 0.240 e. The first kappa shape index (κ1) is 19.7. The number of benzene rings is 1. The van der Waals surface area contributed by atoms with Crippen molar-refractivity contribution in [1.29, 1.82) is 0 Å². The van der Waals surface area contributed by atoms with Crippen LogP contribution in [0.4, 0.5) is 0 Å². The van der Waals surface area contributed by atoms with Crippen LogP contribution in [0.1, 0.15) is 30.7 Å². The Bertz CT molecular complexity index is 891. The Kier molecular flexibility index (Phi) is 5.91. The Morgan fingerprint density at radius 3 is 2.64 bits per heavy atom. The van der Waals surface area contributed by atoms with E-state index in [4.69, 9.17) is 9.47 Å². The highest BCUT2D eigenvalue weighted by molar-refractivity contribution is 7.89. The van der Waals surface area contributed by atoms with Crippen LogP contribution in [0.25, 0.3) is 0 Å². The fourth-order valence-corrected chi connectivity index (χ4v) is 5.61. The molecule has 0 bridgehead atoms. The molecule has 1 unspecified atom stereocenters. The van der Waals surface area contributed by atoms with Gasteiger partial charge in [0.15, 0.2) is 11.5 Å². The van der Waals surface area contributed by atoms with Crippen LogP contribution >= 0.6 is 11.3 Å². The number of piperidine rings is 1. The summed E-state index contributed by atoms with van der Waals surface area (Å²) in [6, 6.07) is 8.93. The lowest BCUT2D eigenvalue weighted by Crippen LogP contribution is -2.41. The molecular weight excluding hydrogens is 396 g/mol. The maximum atomic E-state index is 12.9. The summed E-state index contributed by atoms with van der Waals surface area (Å²) in [7, 11) is -3.64. The number of nitrogens with zero attached hydrogens (tertiary/aromatic N) is 1. The largest absolute Gasteiger partial charge is 0.486 e. The number of hydrogen-bond donors (Lipinski definition) is 1. The van der Waals surface area contributed by atoms with Crippen molar-refractivity contribution in [3.8, 4) is 11.5 Å². The van der Waals surface area contributed by atoms with Gasteiger partial charge in [0.2, 0.25) is 10.0 Å². The monoisotopic (exact) mass is 422 g/mol. The van der Waals surface area contributed by atoms with Crippen molar-refractivity contribution in [2.45, 2.75) is 30.7 Å². The quantitative estimate of drug-likeness (QED) is 0.774. The molecule has 3 heterocycles. The molecule has 0 amide bonds. The molecule has 1 aromatic heterocycles. The fraction of sp³-hybridized carbons (Fsp3) is 0.500. The molecule has 28 heavy (non-hydrogen) atoms. The minimum absolute atomic E-state index is 0.0551. The van der Waals surface area contributed by atoms with Crippen LogP contribution in [0.2, 0.25) is 0 Å². The van der Waals surface area contributed by atoms with Crippen molar-refractivity contribution in [2.75, 3.05) is 32.8 Å². The average molecular weight is 423 g/mol. The number of sulfonamides is 1. The molecule has 8 heteroatoms. The van der Waals surface area contributed by atoms with Gasteiger partial charge in [-0.1, -0.05) is 13.0 Å². The molecule has 0 aliphatic carbocycles. The highest BCUT2D eigenvalue weighted by Gasteiger charge is 2.27. The van der Waals surface area contributed by atoms with Crippen molar-refractivity contribution >= 4 is 21.4 Å². The van der Waals surface area contributed by atoms with Crippen molar-refractivity contribution in [2.24, 2.45) is 5.92 Å². The van der Waals surface area contributed by atoms with Gasteiger partial charge >= 0.3 is 0 Å². The zero-order valence-electron chi connectivity index (χ0n) is 16.0. The number of likely N-dealkylation sites (tertiary alicyclic amines) is 1. The van der Waals surface area contributed by atoms with Crippen molar-refractivity contribution < 1.29 is 17.9 Å². The van der Waals surface area contributed by atoms with Crippen LogP contribution in [0.3, 0.4) is 0 Å². The van der Waals surface area contributed by atoms with Gasteiger partial charge in [-0.2, -0.15) is 0 Å². The molecule has 6 nitrogen and oxygen atoms in total. The molecule has 1 atom stereocenters. The summed E-state index contributed by atoms with van der Waals surface area (Å²) in [5, 5.41) is 2.05. The first-order chi connectivity index (χ1) is 13.5. The zero-order valence-corrected chi connectivity index (χ0v) is 17.6. The minimum Gasteiger partial charge on any atom is -0.486 e. The van der Waals surface area contributed by atoms with E-state index in [-0.39, 0.29) is 10.9 Å². The van der Waals surface area contributed by atoms with Gasteiger partial charge < -0.3 is 9.47 Å². The molecule has 4 rings (SSSR count). The minimum atomic E-state index is -3.64. The average Bonchev–Trinajstić information content (AvgIpc) is 3.23. The SMILES string of the molecule is CC1CCN(C(CNS(=O)(=O)c2ccc3c(c2)OCCO3)c2cccs2)CC1. The third-order valence-corrected chi connectivity index (χ3v) is 7.82. The summed E-state index contributed by atoms with van der Waals surface area (Å²) in [4.78, 5) is 3.80. The Morgan fingerprint density at radius 2 is 1.93 bits per heavy atom. The van der Waals surface area contributed by atoms with Gasteiger partial charge in [-0.05, 0) is 55.4 Å². The van der Waals surface area contributed by atoms with E-state index >= 15 is 0 Å². The Hall–Kier alpha value is -1.61. The van der Waals surface area contributed by atoms with E-state index in [1.807, 2.05) is 11.4 Å². The van der Waals surface area contributed by atoms with Gasteiger partial charge in [-0.25, -0.2) is 13.1 Å². The standard InChI is InChI=1S/C20H26N2O4S2/c1-15-6-8-22(9-7-15)17(20-3-2-12-27-20)14-21-28(23,24)16-4-5-18-19(13-16)26-11-10-25-18/h2-5,12-13,15,17,21H,6-11,14H2,1H3. The van der Waals surface area contributed by atoms with E-state index in [0.29, 0.717) is 31.3 Å². The molecule has 2 aromatic rings. The first-order valence-corrected chi connectivity index (χ1v) is 12.1. The van der Waals surface area contributed by atoms with Gasteiger partial charge in [0.1, 0.15) is 13.2 Å². The van der Waals surface area contributed by atoms with Gasteiger partial charge in [0, 0.05) is 17.5 Å². The number of rotatable bonds is 6. The van der Waals surface area contributed by atoms with E-state index in [1.165, 1.54) is 4.88 Å². The van der Waals surface area contributed by atoms with Crippen LogP contribution in [0, 0.1) is 5.92 Å². The highest BCUT2D eigenvalue weighted by atomic mass is 32.2. The van der Waals surface area contributed by atoms with Gasteiger partial charge in [0.05, 0.1) is 10.9 Å². The number of nitrogens with one attached hydrogen (secondary N) is 1. The van der Waals surface area contributed by atoms with Crippen LogP contribution < -0.4 is 14.2 Å². The summed E-state index contributed by atoms with van der Waals surface area (Å²) in [5.41, 5.74) is 0. The van der Waals surface area contributed by atoms with Crippen LogP contribution in [0.5, 0.6) is 11.5 Å². The van der Waals surface area contributed by atoms with Gasteiger partial charge in [-0.3, -0.25) is 4.90 Å². The van der Waals surface area contributed by atoms with Crippen LogP contribution in [-0.4, -0.2) is 46.2 Å². The molecule has 0 spiro atoms. The van der Waals surface area contributed by atoms with Crippen molar-refractivity contribution in [3.63, 3.8) is 0 Å². The number of ether oxygens (including phenoxy) is 2. The predicted molar refractivity (Wildman–Crippen MR) is 110 cm³/mol. The van der Waals surface area contributed by atoms with E-state index in [2.05, 4.69) is 22.6 Å². The third-order valence-electron chi connectivity index (χ3n) is 5.42. The van der Waals surface area contributed by atoms with E-state index < -0.39 is 10.0 Å². The molecular formula is C20H26N2O4S2. The van der Waals surface area contributed by atoms with Crippen LogP contribution in [-0.2, 0) is 10.0 Å². The predicted octanol–water partition coefficient (Wildman–Crippen LogP) is 3.27. The molecule has 2 aliphatic rings. The van der Waals surface area contributed by atoms with Gasteiger partial charge in [0.25, 0.3) is 0 Å². The maximum Gasteiger partial charge on any atom is 0.240 e. The second kappa shape index (κ2) is 8.41. The Morgan fingerprint density at radius 1 is 1.18 bits per heavy atom. The first-order valence-electron chi connectivity index (χ1n) is 9.70. The molecule has 2 aliphatic heterocycles. The molecule has 0 saturated carbocycles. The lowest BCUT2D eigenvalue weighted by molar-refractivity contribution is 0.141. The number of thiophene rings is 1. The van der Waals surface area contributed by atoms with E-state index in [0.717, 1.165) is 31.8 Å². The Balaban J connectivity index is 1.50. The maximum absolute atomic E-state index is 12.9. The number of fused-ring (bicyclic) bond motifs is 1. The highest BCUT2D eigenvalue weighted by Crippen LogP contribution is 2.33. The lowest BCUT2D eigenvalue weighted by Gasteiger charge is -2.36. The van der Waals surface area contributed by atoms with Crippen LogP contribution in [0.15, 0.2) is 40.6 Å². The summed E-state index contributed by atoms with van der Waals surface area (Å²) in [6.45, 7) is 5.53. The number of hydrogen-bond acceptors (Lipinski definition) is 6. The fourth-order valence-electron chi connectivity index (χ4n) is 3.69. The summed E-state index contributed by atoms with van der Waals surface area (Å²) >= 11 is 1.68. The van der Waals surface area contributed by atoms with Crippen molar-refractivity contribution in [1.82, 2.24) is 9.62 Å². The normalized spacial score (nSPS) is 19.5. The molecule has 1 saturated heterocycles. The van der Waals surface area contributed by atoms with Gasteiger partial charge in [-0.15, -0.1) is 11.3 Å². The zero-order chi connectivity index (χ0) is 19.6. The summed E-state index contributed by atoms with van der Waals surface area (Å²) in [5.74, 6) is 1.80. The van der Waals surface area contributed by atoms with Crippen molar-refractivity contribution in [3.05, 3.63) is 40.6 Å². The Labute approximate surface area is 170 Å². The molecule has 1 fully saturated rings. The van der Waals surface area contributed by atoms with E-state index in [9.17, 15) is 8.42 Å². The lowest BCUT2D eigenvalue weighted by atomic mass is 9.97. The molecule has 0 radical (unpaired) electrons. The summed E-state index contributed by atoms with van der Waals surface area (Å²) in [6.07, 6.45) is 2.30. The molecule has 152 valence electrons. The third kappa shape index (κ3) is 4.35. The second-order valence-corrected chi connectivity index (χ2v) is 10.2. The second-order valence-electron chi connectivity index (χ2n) is 7.41.